The van der Waals surface area contributed by atoms with Gasteiger partial charge in [-0.15, -0.1) is 12.4 Å². The average Bonchev–Trinajstić information content (AvgIpc) is 2.67. The molecule has 0 saturated carbocycles. The van der Waals surface area contributed by atoms with Crippen molar-refractivity contribution in [1.29, 1.82) is 0 Å². The minimum Gasteiger partial charge on any atom is -0.433 e. The van der Waals surface area contributed by atoms with Crippen LogP contribution in [0.25, 0.3) is 5.69 Å². The van der Waals surface area contributed by atoms with Crippen molar-refractivity contribution in [3.8, 4) is 11.4 Å². The number of nitrogens with zero attached hydrogens (tertiary/aromatic N) is 2. The van der Waals surface area contributed by atoms with Crippen LogP contribution in [0.2, 0.25) is 5.02 Å². The third-order valence-electron chi connectivity index (χ3n) is 1.99. The molecule has 8 heteroatoms. The van der Waals surface area contributed by atoms with Gasteiger partial charge in [-0.2, -0.15) is 13.9 Å². The highest BCUT2D eigenvalue weighted by molar-refractivity contribution is 6.30. The number of aromatic nitrogens is 2. The number of anilines is 1. The van der Waals surface area contributed by atoms with Crippen molar-refractivity contribution < 1.29 is 13.5 Å². The van der Waals surface area contributed by atoms with Crippen LogP contribution in [0, 0.1) is 0 Å². The first-order valence-electron chi connectivity index (χ1n) is 4.61. The fourth-order valence-corrected chi connectivity index (χ4v) is 1.50. The zero-order valence-corrected chi connectivity index (χ0v) is 10.5. The molecule has 2 aromatic rings. The molecular weight excluding hydrogens is 287 g/mol. The van der Waals surface area contributed by atoms with E-state index in [1.54, 1.807) is 0 Å². The normalized spacial score (nSPS) is 10.2. The fourth-order valence-electron chi connectivity index (χ4n) is 1.33. The van der Waals surface area contributed by atoms with Gasteiger partial charge in [0.15, 0.2) is 5.75 Å². The summed E-state index contributed by atoms with van der Waals surface area (Å²) < 4.78 is 30.1. The summed E-state index contributed by atoms with van der Waals surface area (Å²) in [5.41, 5.74) is 6.21. The molecule has 0 amide bonds. The summed E-state index contributed by atoms with van der Waals surface area (Å²) in [4.78, 5) is 0. The lowest BCUT2D eigenvalue weighted by atomic mass is 10.3. The third kappa shape index (κ3) is 3.24. The molecule has 0 aliphatic rings. The molecule has 2 rings (SSSR count). The highest BCUT2D eigenvalue weighted by atomic mass is 35.5. The number of halogens is 4. The van der Waals surface area contributed by atoms with E-state index in [0.717, 1.165) is 0 Å². The van der Waals surface area contributed by atoms with Gasteiger partial charge in [-0.05, 0) is 18.2 Å². The van der Waals surface area contributed by atoms with Gasteiger partial charge in [-0.3, -0.25) is 0 Å². The van der Waals surface area contributed by atoms with E-state index >= 15 is 0 Å². The first-order valence-corrected chi connectivity index (χ1v) is 4.99. The first kappa shape index (κ1) is 14.5. The lowest BCUT2D eigenvalue weighted by Gasteiger charge is -2.10. The highest BCUT2D eigenvalue weighted by Crippen LogP contribution is 2.27. The maximum absolute atomic E-state index is 12.2. The second-order valence-corrected chi connectivity index (χ2v) is 3.65. The van der Waals surface area contributed by atoms with Crippen molar-refractivity contribution in [2.45, 2.75) is 6.61 Å². The molecule has 0 unspecified atom stereocenters. The highest BCUT2D eigenvalue weighted by Gasteiger charge is 2.12. The van der Waals surface area contributed by atoms with E-state index < -0.39 is 6.61 Å². The predicted octanol–water partition coefficient (Wildman–Crippen LogP) is 3.13. The molecule has 18 heavy (non-hydrogen) atoms. The monoisotopic (exact) mass is 295 g/mol. The minimum absolute atomic E-state index is 0. The Kier molecular flexibility index (Phi) is 4.75. The molecule has 0 spiro atoms. The van der Waals surface area contributed by atoms with Crippen LogP contribution in [0.3, 0.4) is 0 Å². The van der Waals surface area contributed by atoms with Crippen LogP contribution in [-0.2, 0) is 0 Å². The number of benzene rings is 1. The van der Waals surface area contributed by atoms with Crippen LogP contribution in [0.15, 0.2) is 30.6 Å². The average molecular weight is 296 g/mol. The lowest BCUT2D eigenvalue weighted by molar-refractivity contribution is -0.0498. The molecular formula is C10H9Cl2F2N3O. The van der Waals surface area contributed by atoms with Crippen LogP contribution in [0.1, 0.15) is 0 Å². The zero-order chi connectivity index (χ0) is 12.4. The van der Waals surface area contributed by atoms with E-state index in [1.165, 1.54) is 35.3 Å². The molecule has 1 aromatic carbocycles. The molecule has 0 saturated heterocycles. The van der Waals surface area contributed by atoms with Crippen molar-refractivity contribution in [3.05, 3.63) is 35.6 Å². The molecule has 0 bridgehead atoms. The van der Waals surface area contributed by atoms with Gasteiger partial charge in [-0.1, -0.05) is 11.6 Å². The zero-order valence-electron chi connectivity index (χ0n) is 8.89. The predicted molar refractivity (Wildman–Crippen MR) is 66.9 cm³/mol. The van der Waals surface area contributed by atoms with Crippen LogP contribution < -0.4 is 10.5 Å². The van der Waals surface area contributed by atoms with Gasteiger partial charge in [0.2, 0.25) is 0 Å². The Morgan fingerprint density at radius 1 is 1.39 bits per heavy atom. The summed E-state index contributed by atoms with van der Waals surface area (Å²) in [5.74, 6) is -0.0208. The van der Waals surface area contributed by atoms with Crippen LogP contribution in [0.5, 0.6) is 5.75 Å². The van der Waals surface area contributed by atoms with Crippen molar-refractivity contribution in [2.75, 3.05) is 5.73 Å². The van der Waals surface area contributed by atoms with E-state index in [2.05, 4.69) is 9.84 Å². The molecule has 0 atom stereocenters. The number of rotatable bonds is 3. The second kappa shape index (κ2) is 5.88. The third-order valence-corrected chi connectivity index (χ3v) is 2.22. The Morgan fingerprint density at radius 2 is 2.11 bits per heavy atom. The number of alkyl halides is 2. The standard InChI is InChI=1S/C10H8ClF2N3O.ClH/c11-6-1-2-9(17-10(12)13)8(3-6)16-5-7(14)4-15-16;/h1-5,10H,14H2;1H. The number of ether oxygens (including phenoxy) is 1. The van der Waals surface area contributed by atoms with Crippen molar-refractivity contribution >= 4 is 29.7 Å². The molecule has 0 aliphatic carbocycles. The maximum atomic E-state index is 12.2. The van der Waals surface area contributed by atoms with Crippen LogP contribution in [0.4, 0.5) is 14.5 Å². The van der Waals surface area contributed by atoms with Gasteiger partial charge < -0.3 is 10.5 Å². The fraction of sp³-hybridized carbons (Fsp3) is 0.100. The number of hydrogen-bond donors (Lipinski definition) is 1. The summed E-state index contributed by atoms with van der Waals surface area (Å²) in [5, 5.41) is 4.29. The Balaban J connectivity index is 0.00000162. The number of nitrogen functional groups attached to an aromatic ring is 1. The van der Waals surface area contributed by atoms with Gasteiger partial charge in [0.25, 0.3) is 0 Å². The van der Waals surface area contributed by atoms with Crippen molar-refractivity contribution in [2.24, 2.45) is 0 Å². The molecule has 2 N–H and O–H groups in total. The Bertz CT molecular complexity index is 534. The summed E-state index contributed by atoms with van der Waals surface area (Å²) in [6.45, 7) is -2.91. The molecule has 0 radical (unpaired) electrons. The number of nitrogens with two attached hydrogens (primary N) is 1. The lowest BCUT2D eigenvalue weighted by Crippen LogP contribution is -2.06. The van der Waals surface area contributed by atoms with Gasteiger partial charge in [0.1, 0.15) is 5.69 Å². The minimum atomic E-state index is -2.91. The Hall–Kier alpha value is -1.53. The second-order valence-electron chi connectivity index (χ2n) is 3.21. The van der Waals surface area contributed by atoms with Gasteiger partial charge in [-0.25, -0.2) is 4.68 Å². The summed E-state index contributed by atoms with van der Waals surface area (Å²) in [6.07, 6.45) is 2.87. The van der Waals surface area contributed by atoms with Crippen molar-refractivity contribution in [1.82, 2.24) is 9.78 Å². The first-order chi connectivity index (χ1) is 8.06. The topological polar surface area (TPSA) is 53.1 Å². The Morgan fingerprint density at radius 3 is 2.67 bits per heavy atom. The van der Waals surface area contributed by atoms with E-state index in [-0.39, 0.29) is 18.2 Å². The van der Waals surface area contributed by atoms with Crippen molar-refractivity contribution in [3.63, 3.8) is 0 Å². The van der Waals surface area contributed by atoms with Crippen LogP contribution >= 0.6 is 24.0 Å². The largest absolute Gasteiger partial charge is 0.433 e. The van der Waals surface area contributed by atoms with E-state index in [1.807, 2.05) is 0 Å². The summed E-state index contributed by atoms with van der Waals surface area (Å²) in [7, 11) is 0. The quantitative estimate of drug-likeness (QED) is 0.946. The maximum Gasteiger partial charge on any atom is 0.387 e. The molecule has 4 nitrogen and oxygen atoms in total. The smallest absolute Gasteiger partial charge is 0.387 e. The van der Waals surface area contributed by atoms with Gasteiger partial charge in [0, 0.05) is 5.02 Å². The molecule has 98 valence electrons. The number of hydrogen-bond acceptors (Lipinski definition) is 3. The van der Waals surface area contributed by atoms with E-state index in [4.69, 9.17) is 17.3 Å². The molecule has 0 aliphatic heterocycles. The van der Waals surface area contributed by atoms with Crippen LogP contribution in [-0.4, -0.2) is 16.4 Å². The van der Waals surface area contributed by atoms with E-state index in [9.17, 15) is 8.78 Å². The Labute approximate surface area is 113 Å². The summed E-state index contributed by atoms with van der Waals surface area (Å²) in [6, 6.07) is 4.27. The molecule has 1 heterocycles. The molecule has 0 fully saturated rings. The van der Waals surface area contributed by atoms with Gasteiger partial charge >= 0.3 is 6.61 Å². The summed E-state index contributed by atoms with van der Waals surface area (Å²) >= 11 is 5.79. The van der Waals surface area contributed by atoms with Gasteiger partial charge in [0.05, 0.1) is 18.1 Å². The van der Waals surface area contributed by atoms with E-state index in [0.29, 0.717) is 16.4 Å². The molecule has 1 aromatic heterocycles. The SMILES string of the molecule is Cl.Nc1cnn(-c2cc(Cl)ccc2OC(F)F)c1.